The van der Waals surface area contributed by atoms with Crippen LogP contribution in [0, 0.1) is 5.92 Å². The van der Waals surface area contributed by atoms with Crippen molar-refractivity contribution in [3.63, 3.8) is 0 Å². The van der Waals surface area contributed by atoms with Gasteiger partial charge in [-0.15, -0.1) is 0 Å². The van der Waals surface area contributed by atoms with Crippen molar-refractivity contribution in [2.45, 2.75) is 32.7 Å². The highest BCUT2D eigenvalue weighted by atomic mass is 16.3. The number of benzene rings is 2. The van der Waals surface area contributed by atoms with Gasteiger partial charge in [-0.1, -0.05) is 48.5 Å². The van der Waals surface area contributed by atoms with Gasteiger partial charge in [-0.25, -0.2) is 4.79 Å². The van der Waals surface area contributed by atoms with Crippen LogP contribution in [0.3, 0.4) is 0 Å². The van der Waals surface area contributed by atoms with Crippen molar-refractivity contribution < 1.29 is 14.0 Å². The molecule has 6 heteroatoms. The van der Waals surface area contributed by atoms with Crippen LogP contribution >= 0.6 is 0 Å². The maximum atomic E-state index is 13.2. The summed E-state index contributed by atoms with van der Waals surface area (Å²) in [7, 11) is 0. The Bertz CT molecular complexity index is 1020. The van der Waals surface area contributed by atoms with Gasteiger partial charge in [0.2, 0.25) is 5.91 Å². The summed E-state index contributed by atoms with van der Waals surface area (Å²) in [6.45, 7) is 6.59. The van der Waals surface area contributed by atoms with E-state index in [1.807, 2.05) is 84.3 Å². The molecule has 1 aliphatic heterocycles. The molecule has 0 spiro atoms. The molecule has 1 aliphatic rings. The van der Waals surface area contributed by atoms with E-state index in [9.17, 15) is 9.59 Å². The van der Waals surface area contributed by atoms with Crippen molar-refractivity contribution in [2.75, 3.05) is 26.2 Å². The summed E-state index contributed by atoms with van der Waals surface area (Å²) in [4.78, 5) is 29.5. The van der Waals surface area contributed by atoms with Crippen LogP contribution in [0.15, 0.2) is 65.1 Å². The van der Waals surface area contributed by atoms with E-state index in [4.69, 9.17) is 4.42 Å². The highest BCUT2D eigenvalue weighted by molar-refractivity contribution is 5.81. The van der Waals surface area contributed by atoms with Crippen molar-refractivity contribution in [1.82, 2.24) is 15.1 Å². The van der Waals surface area contributed by atoms with E-state index in [1.165, 1.54) is 0 Å². The number of nitrogens with zero attached hydrogens (tertiary/aromatic N) is 2. The number of fused-ring (bicyclic) bond motifs is 1. The molecule has 4 rings (SSSR count). The Labute approximate surface area is 189 Å². The largest absolute Gasteiger partial charge is 0.459 e. The number of rotatable bonds is 6. The molecule has 0 aliphatic carbocycles. The minimum atomic E-state index is -0.355. The Morgan fingerprint density at radius 3 is 2.34 bits per heavy atom. The van der Waals surface area contributed by atoms with Crippen LogP contribution in [-0.4, -0.2) is 47.9 Å². The monoisotopic (exact) mass is 433 g/mol. The number of hydrogen-bond donors (Lipinski definition) is 1. The van der Waals surface area contributed by atoms with Crippen LogP contribution < -0.4 is 5.32 Å². The highest BCUT2D eigenvalue weighted by Crippen LogP contribution is 2.29. The molecule has 1 aromatic heterocycles. The number of likely N-dealkylation sites (tertiary alicyclic amines) is 1. The molecule has 1 atom stereocenters. The first-order valence-corrected chi connectivity index (χ1v) is 11.5. The third kappa shape index (κ3) is 4.64. The summed E-state index contributed by atoms with van der Waals surface area (Å²) in [5.41, 5.74) is 1.79. The zero-order valence-electron chi connectivity index (χ0n) is 18.8. The molecule has 3 aromatic rings. The molecule has 2 heterocycles. The Balaban J connectivity index is 1.47. The average molecular weight is 434 g/mol. The Morgan fingerprint density at radius 1 is 1.03 bits per heavy atom. The van der Waals surface area contributed by atoms with E-state index in [2.05, 4.69) is 5.32 Å². The minimum absolute atomic E-state index is 0.00856. The summed E-state index contributed by atoms with van der Waals surface area (Å²) in [6.07, 6.45) is 1.33. The zero-order chi connectivity index (χ0) is 22.5. The maximum absolute atomic E-state index is 13.2. The second kappa shape index (κ2) is 9.90. The number of carbonyl (C=O) groups is 2. The summed E-state index contributed by atoms with van der Waals surface area (Å²) in [5.74, 6) is 0.612. The second-order valence-corrected chi connectivity index (χ2v) is 8.26. The Morgan fingerprint density at radius 2 is 1.69 bits per heavy atom. The number of urea groups is 1. The van der Waals surface area contributed by atoms with Gasteiger partial charge in [-0.05, 0) is 44.4 Å². The van der Waals surface area contributed by atoms with Crippen LogP contribution in [0.25, 0.3) is 11.0 Å². The fourth-order valence-corrected chi connectivity index (χ4v) is 4.40. The number of carbonyl (C=O) groups excluding carboxylic acids is 2. The molecule has 0 bridgehead atoms. The van der Waals surface area contributed by atoms with Gasteiger partial charge in [0.15, 0.2) is 0 Å². The zero-order valence-corrected chi connectivity index (χ0v) is 18.8. The molecule has 0 saturated carbocycles. The molecule has 168 valence electrons. The quantitative estimate of drug-likeness (QED) is 0.607. The smallest absolute Gasteiger partial charge is 0.319 e. The van der Waals surface area contributed by atoms with Gasteiger partial charge in [-0.3, -0.25) is 4.79 Å². The van der Waals surface area contributed by atoms with Crippen LogP contribution in [-0.2, 0) is 4.79 Å². The molecule has 1 fully saturated rings. The molecule has 3 amide bonds. The van der Waals surface area contributed by atoms with Gasteiger partial charge in [0.25, 0.3) is 0 Å². The highest BCUT2D eigenvalue weighted by Gasteiger charge is 2.31. The standard InChI is InChI=1S/C26H31N3O3/c1-3-28(4-2)26(31)29-16-14-20(15-17-29)25(30)27-24(19-10-6-5-7-11-19)23-18-21-12-8-9-13-22(21)32-23/h5-13,18,20,24H,3-4,14-17H2,1-2H3,(H,27,30). The predicted molar refractivity (Wildman–Crippen MR) is 125 cm³/mol. The first-order valence-electron chi connectivity index (χ1n) is 11.5. The SMILES string of the molecule is CCN(CC)C(=O)N1CCC(C(=O)NC(c2ccccc2)c2cc3ccccc3o2)CC1. The topological polar surface area (TPSA) is 65.8 Å². The van der Waals surface area contributed by atoms with Gasteiger partial charge >= 0.3 is 6.03 Å². The lowest BCUT2D eigenvalue weighted by atomic mass is 9.94. The van der Waals surface area contributed by atoms with E-state index in [1.54, 1.807) is 0 Å². The van der Waals surface area contributed by atoms with Crippen molar-refractivity contribution in [3.8, 4) is 0 Å². The minimum Gasteiger partial charge on any atom is -0.459 e. The van der Waals surface area contributed by atoms with Crippen LogP contribution in [0.1, 0.15) is 44.1 Å². The lowest BCUT2D eigenvalue weighted by Gasteiger charge is -2.35. The average Bonchev–Trinajstić information content (AvgIpc) is 3.27. The van der Waals surface area contributed by atoms with Gasteiger partial charge in [0.05, 0.1) is 0 Å². The summed E-state index contributed by atoms with van der Waals surface area (Å²) < 4.78 is 6.10. The molecule has 32 heavy (non-hydrogen) atoms. The molecule has 0 radical (unpaired) electrons. The molecule has 1 saturated heterocycles. The number of hydrogen-bond acceptors (Lipinski definition) is 3. The van der Waals surface area contributed by atoms with Crippen LogP contribution in [0.4, 0.5) is 4.79 Å². The van der Waals surface area contributed by atoms with Crippen molar-refractivity contribution in [1.29, 1.82) is 0 Å². The van der Waals surface area contributed by atoms with Crippen molar-refractivity contribution >= 4 is 22.9 Å². The van der Waals surface area contributed by atoms with Gasteiger partial charge in [0, 0.05) is 37.5 Å². The van der Waals surface area contributed by atoms with E-state index < -0.39 is 0 Å². The molecular formula is C26H31N3O3. The number of para-hydroxylation sites is 1. The summed E-state index contributed by atoms with van der Waals surface area (Å²) in [6, 6.07) is 19.5. The number of nitrogens with one attached hydrogen (secondary N) is 1. The first-order chi connectivity index (χ1) is 15.6. The van der Waals surface area contributed by atoms with Gasteiger partial charge in [-0.2, -0.15) is 0 Å². The van der Waals surface area contributed by atoms with Gasteiger partial charge < -0.3 is 19.5 Å². The molecule has 1 unspecified atom stereocenters. The Kier molecular flexibility index (Phi) is 6.78. The molecule has 2 aromatic carbocycles. The maximum Gasteiger partial charge on any atom is 0.319 e. The third-order valence-electron chi connectivity index (χ3n) is 6.32. The number of furan rings is 1. The first kappa shape index (κ1) is 21.9. The van der Waals surface area contributed by atoms with Crippen LogP contribution in [0.2, 0.25) is 0 Å². The number of amides is 3. The fourth-order valence-electron chi connectivity index (χ4n) is 4.40. The normalized spacial score (nSPS) is 15.5. The molecule has 1 N–H and O–H groups in total. The van der Waals surface area contributed by atoms with Gasteiger partial charge in [0.1, 0.15) is 17.4 Å². The lowest BCUT2D eigenvalue weighted by Crippen LogP contribution is -2.48. The van der Waals surface area contributed by atoms with E-state index in [0.717, 1.165) is 22.3 Å². The fraction of sp³-hybridized carbons (Fsp3) is 0.385. The number of piperidine rings is 1. The Hall–Kier alpha value is -3.28. The molecule has 6 nitrogen and oxygen atoms in total. The summed E-state index contributed by atoms with van der Waals surface area (Å²) >= 11 is 0. The molecular weight excluding hydrogens is 402 g/mol. The third-order valence-corrected chi connectivity index (χ3v) is 6.32. The van der Waals surface area contributed by atoms with Crippen LogP contribution in [0.5, 0.6) is 0 Å². The van der Waals surface area contributed by atoms with Crippen molar-refractivity contribution in [2.24, 2.45) is 5.92 Å². The van der Waals surface area contributed by atoms with E-state index in [-0.39, 0.29) is 23.9 Å². The van der Waals surface area contributed by atoms with Crippen molar-refractivity contribution in [3.05, 3.63) is 72.0 Å². The predicted octanol–water partition coefficient (Wildman–Crippen LogP) is 4.81. The van der Waals surface area contributed by atoms with E-state index >= 15 is 0 Å². The summed E-state index contributed by atoms with van der Waals surface area (Å²) in [5, 5.41) is 4.24. The second-order valence-electron chi connectivity index (χ2n) is 8.26. The van der Waals surface area contributed by atoms with E-state index in [0.29, 0.717) is 39.0 Å². The lowest BCUT2D eigenvalue weighted by molar-refractivity contribution is -0.126.